The van der Waals surface area contributed by atoms with E-state index in [2.05, 4.69) is 19.2 Å². The largest absolute Gasteiger partial charge is 0.389 e. The van der Waals surface area contributed by atoms with Crippen LogP contribution >= 0.6 is 0 Å². The summed E-state index contributed by atoms with van der Waals surface area (Å²) in [6.45, 7) is 7.49. The fourth-order valence-electron chi connectivity index (χ4n) is 3.62. The molecule has 0 saturated carbocycles. The zero-order chi connectivity index (χ0) is 20.5. The molecule has 3 heteroatoms. The topological polar surface area (TPSA) is 41.5 Å². The van der Waals surface area contributed by atoms with Gasteiger partial charge in [0.1, 0.15) is 0 Å². The molecule has 1 unspecified atom stereocenters. The Bertz CT molecular complexity index is 273. The average molecular weight is 400 g/mol. The van der Waals surface area contributed by atoms with Gasteiger partial charge in [-0.05, 0) is 19.4 Å². The van der Waals surface area contributed by atoms with Crippen molar-refractivity contribution in [3.63, 3.8) is 0 Å². The molecule has 28 heavy (non-hydrogen) atoms. The van der Waals surface area contributed by atoms with Crippen LogP contribution in [0.4, 0.5) is 0 Å². The number of aliphatic hydroxyl groups excluding tert-OH is 1. The highest BCUT2D eigenvalue weighted by molar-refractivity contribution is 4.59. The van der Waals surface area contributed by atoms with Crippen molar-refractivity contribution in [2.75, 3.05) is 26.3 Å². The maximum atomic E-state index is 9.95. The average Bonchev–Trinajstić information content (AvgIpc) is 2.70. The fraction of sp³-hybridized carbons (Fsp3) is 1.00. The predicted octanol–water partition coefficient (Wildman–Crippen LogP) is 7.02. The van der Waals surface area contributed by atoms with Crippen LogP contribution in [0.5, 0.6) is 0 Å². The third-order valence-electron chi connectivity index (χ3n) is 5.54. The zero-order valence-electron chi connectivity index (χ0n) is 19.5. The molecular formula is C25H53NO2. The van der Waals surface area contributed by atoms with E-state index < -0.39 is 0 Å². The van der Waals surface area contributed by atoms with E-state index in [4.69, 9.17) is 4.74 Å². The smallest absolute Gasteiger partial charge is 0.0897 e. The Balaban J connectivity index is 3.12. The molecule has 0 aromatic heterocycles. The Kier molecular flexibility index (Phi) is 24.8. The van der Waals surface area contributed by atoms with Crippen LogP contribution in [0.1, 0.15) is 129 Å². The maximum absolute atomic E-state index is 9.95. The normalized spacial score (nSPS) is 12.5. The minimum Gasteiger partial charge on any atom is -0.389 e. The summed E-state index contributed by atoms with van der Waals surface area (Å²) in [4.78, 5) is 0. The lowest BCUT2D eigenvalue weighted by molar-refractivity contribution is 0.0355. The fourth-order valence-corrected chi connectivity index (χ4v) is 3.62. The second kappa shape index (κ2) is 24.9. The van der Waals surface area contributed by atoms with Gasteiger partial charge in [-0.3, -0.25) is 0 Å². The van der Waals surface area contributed by atoms with Crippen LogP contribution in [0.15, 0.2) is 0 Å². The van der Waals surface area contributed by atoms with Crippen LogP contribution in [-0.2, 0) is 4.74 Å². The first-order valence-corrected chi connectivity index (χ1v) is 12.8. The number of hydrogen-bond donors (Lipinski definition) is 2. The third-order valence-corrected chi connectivity index (χ3v) is 5.54. The van der Waals surface area contributed by atoms with Crippen LogP contribution in [0.2, 0.25) is 0 Å². The molecule has 0 aromatic rings. The van der Waals surface area contributed by atoms with Gasteiger partial charge in [0.25, 0.3) is 0 Å². The summed E-state index contributed by atoms with van der Waals surface area (Å²) in [5, 5.41) is 13.3. The Labute approximate surface area is 177 Å². The molecular weight excluding hydrogens is 346 g/mol. The third kappa shape index (κ3) is 23.9. The highest BCUT2D eigenvalue weighted by atomic mass is 16.5. The number of ether oxygens (including phenoxy) is 1. The highest BCUT2D eigenvalue weighted by Gasteiger charge is 2.03. The molecule has 0 amide bonds. The summed E-state index contributed by atoms with van der Waals surface area (Å²) in [6, 6.07) is 0. The molecule has 0 heterocycles. The molecule has 0 spiro atoms. The van der Waals surface area contributed by atoms with Crippen molar-refractivity contribution in [2.24, 2.45) is 0 Å². The summed E-state index contributed by atoms with van der Waals surface area (Å²) < 4.78 is 5.61. The summed E-state index contributed by atoms with van der Waals surface area (Å²) in [5.41, 5.74) is 0. The minimum absolute atomic E-state index is 0.364. The van der Waals surface area contributed by atoms with E-state index in [1.165, 1.54) is 109 Å². The Hall–Kier alpha value is -0.120. The molecule has 0 radical (unpaired) electrons. The highest BCUT2D eigenvalue weighted by Crippen LogP contribution is 2.10. The van der Waals surface area contributed by atoms with Gasteiger partial charge in [0.15, 0.2) is 0 Å². The maximum Gasteiger partial charge on any atom is 0.0897 e. The first-order chi connectivity index (χ1) is 13.8. The van der Waals surface area contributed by atoms with Crippen molar-refractivity contribution >= 4 is 0 Å². The first kappa shape index (κ1) is 27.9. The Morgan fingerprint density at radius 3 is 1.54 bits per heavy atom. The Morgan fingerprint density at radius 2 is 1.04 bits per heavy atom. The second-order valence-corrected chi connectivity index (χ2v) is 8.59. The van der Waals surface area contributed by atoms with Gasteiger partial charge >= 0.3 is 0 Å². The van der Waals surface area contributed by atoms with E-state index in [0.29, 0.717) is 13.2 Å². The lowest BCUT2D eigenvalue weighted by Gasteiger charge is -2.12. The summed E-state index contributed by atoms with van der Waals surface area (Å²) in [6.07, 6.45) is 23.9. The van der Waals surface area contributed by atoms with Crippen molar-refractivity contribution < 1.29 is 9.84 Å². The van der Waals surface area contributed by atoms with Crippen LogP contribution in [0, 0.1) is 0 Å². The van der Waals surface area contributed by atoms with E-state index in [1.807, 2.05) is 0 Å². The van der Waals surface area contributed by atoms with Crippen molar-refractivity contribution in [3.05, 3.63) is 0 Å². The second-order valence-electron chi connectivity index (χ2n) is 8.59. The van der Waals surface area contributed by atoms with Gasteiger partial charge in [0.05, 0.1) is 12.7 Å². The number of aliphatic hydroxyl groups is 1. The molecule has 2 N–H and O–H groups in total. The zero-order valence-corrected chi connectivity index (χ0v) is 19.5. The van der Waals surface area contributed by atoms with Crippen molar-refractivity contribution in [2.45, 2.75) is 136 Å². The van der Waals surface area contributed by atoms with E-state index in [-0.39, 0.29) is 6.10 Å². The molecule has 0 bridgehead atoms. The van der Waals surface area contributed by atoms with Gasteiger partial charge in [-0.15, -0.1) is 0 Å². The molecule has 1 atom stereocenters. The number of rotatable bonds is 24. The van der Waals surface area contributed by atoms with Gasteiger partial charge < -0.3 is 15.2 Å². The lowest BCUT2D eigenvalue weighted by atomic mass is 10.1. The van der Waals surface area contributed by atoms with Crippen LogP contribution < -0.4 is 5.32 Å². The molecule has 0 rings (SSSR count). The molecule has 0 aliphatic carbocycles. The quantitative estimate of drug-likeness (QED) is 0.171. The SMILES string of the molecule is CCCCCCCCCCCCNCC(O)COCCCCCCCCCC. The van der Waals surface area contributed by atoms with E-state index in [9.17, 15) is 5.11 Å². The first-order valence-electron chi connectivity index (χ1n) is 12.8. The van der Waals surface area contributed by atoms with Crippen LogP contribution in [0.25, 0.3) is 0 Å². The van der Waals surface area contributed by atoms with Crippen molar-refractivity contribution in [1.82, 2.24) is 5.32 Å². The Morgan fingerprint density at radius 1 is 0.607 bits per heavy atom. The summed E-state index contributed by atoms with van der Waals surface area (Å²) in [7, 11) is 0. The molecule has 0 aromatic carbocycles. The van der Waals surface area contributed by atoms with Gasteiger partial charge in [0, 0.05) is 13.2 Å². The van der Waals surface area contributed by atoms with E-state index in [0.717, 1.165) is 19.6 Å². The molecule has 0 aliphatic heterocycles. The van der Waals surface area contributed by atoms with Gasteiger partial charge in [-0.1, -0.05) is 117 Å². The van der Waals surface area contributed by atoms with Gasteiger partial charge in [0.2, 0.25) is 0 Å². The molecule has 0 saturated heterocycles. The van der Waals surface area contributed by atoms with Crippen LogP contribution in [0.3, 0.4) is 0 Å². The molecule has 170 valence electrons. The molecule has 0 fully saturated rings. The van der Waals surface area contributed by atoms with Gasteiger partial charge in [-0.25, -0.2) is 0 Å². The van der Waals surface area contributed by atoms with E-state index >= 15 is 0 Å². The monoisotopic (exact) mass is 399 g/mol. The lowest BCUT2D eigenvalue weighted by Crippen LogP contribution is -2.31. The van der Waals surface area contributed by atoms with Crippen LogP contribution in [-0.4, -0.2) is 37.5 Å². The number of unbranched alkanes of at least 4 members (excludes halogenated alkanes) is 16. The standard InChI is InChI=1S/C25H53NO2/c1-3-5-7-9-11-13-14-15-17-19-21-26-23-25(27)24-28-22-20-18-16-12-10-8-6-4-2/h25-27H,3-24H2,1-2H3. The minimum atomic E-state index is -0.364. The van der Waals surface area contributed by atoms with Crippen molar-refractivity contribution in [3.8, 4) is 0 Å². The molecule has 0 aliphatic rings. The number of hydrogen-bond acceptors (Lipinski definition) is 3. The summed E-state index contributed by atoms with van der Waals surface area (Å²) in [5.74, 6) is 0. The van der Waals surface area contributed by atoms with Crippen molar-refractivity contribution in [1.29, 1.82) is 0 Å². The predicted molar refractivity (Wildman–Crippen MR) is 124 cm³/mol. The molecule has 3 nitrogen and oxygen atoms in total. The van der Waals surface area contributed by atoms with Gasteiger partial charge in [-0.2, -0.15) is 0 Å². The van der Waals surface area contributed by atoms with E-state index in [1.54, 1.807) is 0 Å². The summed E-state index contributed by atoms with van der Waals surface area (Å²) >= 11 is 0. The number of nitrogens with one attached hydrogen (secondary N) is 1.